The van der Waals surface area contributed by atoms with Gasteiger partial charge in [-0.3, -0.25) is 0 Å². The first-order chi connectivity index (χ1) is 10.2. The smallest absolute Gasteiger partial charge is 0.148 e. The Balaban J connectivity index is 1.75. The van der Waals surface area contributed by atoms with Crippen molar-refractivity contribution in [2.45, 2.75) is 12.5 Å². The molecule has 1 aliphatic rings. The van der Waals surface area contributed by atoms with Crippen LogP contribution >= 0.6 is 15.9 Å². The van der Waals surface area contributed by atoms with Gasteiger partial charge >= 0.3 is 0 Å². The molecule has 3 nitrogen and oxygen atoms in total. The van der Waals surface area contributed by atoms with E-state index in [1.54, 1.807) is 0 Å². The molecule has 2 heterocycles. The van der Waals surface area contributed by atoms with Crippen molar-refractivity contribution < 1.29 is 14.3 Å². The van der Waals surface area contributed by atoms with E-state index in [-0.39, 0.29) is 0 Å². The molecule has 0 bridgehead atoms. The lowest BCUT2D eigenvalue weighted by Crippen LogP contribution is -1.98. The van der Waals surface area contributed by atoms with Gasteiger partial charge in [0.2, 0.25) is 0 Å². The second-order valence-electron chi connectivity index (χ2n) is 5.18. The molecular formula is C17H13BrO3. The van der Waals surface area contributed by atoms with E-state index in [2.05, 4.69) is 15.9 Å². The Morgan fingerprint density at radius 1 is 1.14 bits per heavy atom. The molecule has 1 N–H and O–H groups in total. The van der Waals surface area contributed by atoms with Crippen LogP contribution in [-0.4, -0.2) is 11.7 Å². The lowest BCUT2D eigenvalue weighted by atomic mass is 10.0. The minimum Gasteiger partial charge on any atom is -0.493 e. The Kier molecular flexibility index (Phi) is 3.01. The predicted molar refractivity (Wildman–Crippen MR) is 83.6 cm³/mol. The van der Waals surface area contributed by atoms with Gasteiger partial charge in [-0.1, -0.05) is 18.2 Å². The van der Waals surface area contributed by atoms with Crippen LogP contribution in [0, 0.1) is 0 Å². The molecular weight excluding hydrogens is 332 g/mol. The number of hydrogen-bond donors (Lipinski definition) is 1. The molecule has 2 aromatic carbocycles. The maximum absolute atomic E-state index is 10.6. The summed E-state index contributed by atoms with van der Waals surface area (Å²) in [6.45, 7) is 0.715. The van der Waals surface area contributed by atoms with Crippen molar-refractivity contribution in [2.75, 3.05) is 6.61 Å². The molecule has 0 spiro atoms. The fourth-order valence-corrected chi connectivity index (χ4v) is 3.19. The molecule has 1 aliphatic heterocycles. The minimum atomic E-state index is -0.768. The van der Waals surface area contributed by atoms with Crippen molar-refractivity contribution in [1.82, 2.24) is 0 Å². The maximum atomic E-state index is 10.6. The molecule has 21 heavy (non-hydrogen) atoms. The molecule has 0 fully saturated rings. The second kappa shape index (κ2) is 4.90. The molecule has 0 radical (unpaired) electrons. The maximum Gasteiger partial charge on any atom is 0.148 e. The van der Waals surface area contributed by atoms with Crippen LogP contribution in [-0.2, 0) is 6.42 Å². The summed E-state index contributed by atoms with van der Waals surface area (Å²) in [6.07, 6.45) is 0.122. The van der Waals surface area contributed by atoms with Gasteiger partial charge in [0.05, 0.1) is 11.1 Å². The van der Waals surface area contributed by atoms with Crippen LogP contribution < -0.4 is 4.74 Å². The molecule has 0 saturated heterocycles. The van der Waals surface area contributed by atoms with E-state index < -0.39 is 6.10 Å². The van der Waals surface area contributed by atoms with Crippen molar-refractivity contribution >= 4 is 26.9 Å². The van der Waals surface area contributed by atoms with E-state index >= 15 is 0 Å². The van der Waals surface area contributed by atoms with Gasteiger partial charge in [0.15, 0.2) is 0 Å². The van der Waals surface area contributed by atoms with Crippen LogP contribution in [0.25, 0.3) is 11.0 Å². The third-order valence-electron chi connectivity index (χ3n) is 3.81. The van der Waals surface area contributed by atoms with E-state index in [9.17, 15) is 5.11 Å². The fraction of sp³-hybridized carbons (Fsp3) is 0.176. The van der Waals surface area contributed by atoms with Crippen LogP contribution in [0.3, 0.4) is 0 Å². The quantitative estimate of drug-likeness (QED) is 0.757. The third-order valence-corrected chi connectivity index (χ3v) is 4.44. The summed E-state index contributed by atoms with van der Waals surface area (Å²) in [4.78, 5) is 0. The highest BCUT2D eigenvalue weighted by molar-refractivity contribution is 9.10. The molecule has 106 valence electrons. The zero-order chi connectivity index (χ0) is 14.4. The Morgan fingerprint density at radius 2 is 2.05 bits per heavy atom. The highest BCUT2D eigenvalue weighted by Crippen LogP contribution is 2.34. The SMILES string of the molecule is OC(c1ccc2c(c1)CCO2)c1cc2cccc(Br)c2o1. The Labute approximate surface area is 130 Å². The number of rotatable bonds is 2. The Morgan fingerprint density at radius 3 is 2.90 bits per heavy atom. The van der Waals surface area contributed by atoms with Gasteiger partial charge in [0.1, 0.15) is 23.2 Å². The van der Waals surface area contributed by atoms with E-state index in [4.69, 9.17) is 9.15 Å². The highest BCUT2D eigenvalue weighted by Gasteiger charge is 2.19. The monoisotopic (exact) mass is 344 g/mol. The number of para-hydroxylation sites is 1. The average molecular weight is 345 g/mol. The van der Waals surface area contributed by atoms with E-state index in [1.807, 2.05) is 42.5 Å². The number of fused-ring (bicyclic) bond motifs is 2. The summed E-state index contributed by atoms with van der Waals surface area (Å²) in [5.41, 5.74) is 2.73. The van der Waals surface area contributed by atoms with Gasteiger partial charge < -0.3 is 14.3 Å². The van der Waals surface area contributed by atoms with Crippen LogP contribution in [0.5, 0.6) is 5.75 Å². The standard InChI is InChI=1S/C17H13BrO3/c18-13-3-1-2-12-9-15(21-17(12)13)16(19)11-4-5-14-10(8-11)6-7-20-14/h1-5,8-9,16,19H,6-7H2. The zero-order valence-corrected chi connectivity index (χ0v) is 12.8. The number of furan rings is 1. The molecule has 0 saturated carbocycles. The van der Waals surface area contributed by atoms with E-state index in [0.29, 0.717) is 12.4 Å². The first kappa shape index (κ1) is 12.9. The lowest BCUT2D eigenvalue weighted by Gasteiger charge is -2.09. The summed E-state index contributed by atoms with van der Waals surface area (Å²) >= 11 is 3.46. The van der Waals surface area contributed by atoms with Crippen molar-refractivity contribution in [2.24, 2.45) is 0 Å². The Hall–Kier alpha value is -1.78. The molecule has 1 unspecified atom stereocenters. The molecule has 4 rings (SSSR count). The van der Waals surface area contributed by atoms with Crippen LogP contribution in [0.2, 0.25) is 0 Å². The lowest BCUT2D eigenvalue weighted by molar-refractivity contribution is 0.192. The zero-order valence-electron chi connectivity index (χ0n) is 11.2. The van der Waals surface area contributed by atoms with Gasteiger partial charge in [-0.05, 0) is 51.3 Å². The van der Waals surface area contributed by atoms with Crippen LogP contribution in [0.15, 0.2) is 51.4 Å². The number of benzene rings is 2. The fourth-order valence-electron chi connectivity index (χ4n) is 2.72. The van der Waals surface area contributed by atoms with Gasteiger partial charge in [0, 0.05) is 11.8 Å². The molecule has 0 aliphatic carbocycles. The summed E-state index contributed by atoms with van der Waals surface area (Å²) in [6, 6.07) is 13.5. The minimum absolute atomic E-state index is 0.552. The van der Waals surface area contributed by atoms with Gasteiger partial charge in [-0.2, -0.15) is 0 Å². The summed E-state index contributed by atoms with van der Waals surface area (Å²) in [5, 5.41) is 11.5. The highest BCUT2D eigenvalue weighted by atomic mass is 79.9. The average Bonchev–Trinajstić information content (AvgIpc) is 3.12. The number of halogens is 1. The molecule has 1 aromatic heterocycles. The largest absolute Gasteiger partial charge is 0.493 e. The third kappa shape index (κ3) is 2.15. The summed E-state index contributed by atoms with van der Waals surface area (Å²) < 4.78 is 12.2. The topological polar surface area (TPSA) is 42.6 Å². The molecule has 0 amide bonds. The summed E-state index contributed by atoms with van der Waals surface area (Å²) in [5.74, 6) is 1.47. The second-order valence-corrected chi connectivity index (χ2v) is 6.03. The normalized spacial score (nSPS) is 15.0. The van der Waals surface area contributed by atoms with Crippen molar-refractivity contribution in [1.29, 1.82) is 0 Å². The number of hydrogen-bond acceptors (Lipinski definition) is 3. The van der Waals surface area contributed by atoms with Crippen molar-refractivity contribution in [3.8, 4) is 5.75 Å². The predicted octanol–water partition coefficient (Wildman–Crippen LogP) is 4.21. The van der Waals surface area contributed by atoms with Crippen molar-refractivity contribution in [3.05, 3.63) is 63.8 Å². The van der Waals surface area contributed by atoms with Crippen LogP contribution in [0.1, 0.15) is 23.0 Å². The first-order valence-electron chi connectivity index (χ1n) is 6.84. The first-order valence-corrected chi connectivity index (χ1v) is 7.63. The molecule has 4 heteroatoms. The molecule has 3 aromatic rings. The molecule has 1 atom stereocenters. The van der Waals surface area contributed by atoms with Gasteiger partial charge in [-0.25, -0.2) is 0 Å². The number of aliphatic hydroxyl groups is 1. The van der Waals surface area contributed by atoms with Gasteiger partial charge in [0.25, 0.3) is 0 Å². The van der Waals surface area contributed by atoms with Crippen molar-refractivity contribution in [3.63, 3.8) is 0 Å². The number of aliphatic hydroxyl groups excluding tert-OH is 1. The van der Waals surface area contributed by atoms with Crippen LogP contribution in [0.4, 0.5) is 0 Å². The Bertz CT molecular complexity index is 822. The summed E-state index contributed by atoms with van der Waals surface area (Å²) in [7, 11) is 0. The number of ether oxygens (including phenoxy) is 1. The van der Waals surface area contributed by atoms with Gasteiger partial charge in [-0.15, -0.1) is 0 Å². The van der Waals surface area contributed by atoms with E-state index in [0.717, 1.165) is 38.7 Å². The van der Waals surface area contributed by atoms with E-state index in [1.165, 1.54) is 0 Å².